The van der Waals surface area contributed by atoms with Gasteiger partial charge in [-0.2, -0.15) is 5.10 Å². The number of hydrogen-bond donors (Lipinski definition) is 1. The molecule has 0 aliphatic heterocycles. The smallest absolute Gasteiger partial charge is 0.250 e. The van der Waals surface area contributed by atoms with Gasteiger partial charge in [-0.3, -0.25) is 9.36 Å². The first-order valence-electron chi connectivity index (χ1n) is 11.7. The third-order valence-corrected chi connectivity index (χ3v) is 6.69. The second-order valence-corrected chi connectivity index (χ2v) is 9.21. The largest absolute Gasteiger partial charge is 0.372 e. The van der Waals surface area contributed by atoms with Crippen molar-refractivity contribution in [2.45, 2.75) is 19.0 Å². The number of benzene rings is 3. The Morgan fingerprint density at radius 1 is 1.00 bits per heavy atom. The molecular formula is C27H27ClN6OS. The van der Waals surface area contributed by atoms with E-state index in [9.17, 15) is 4.79 Å². The van der Waals surface area contributed by atoms with E-state index in [-0.39, 0.29) is 11.7 Å². The van der Waals surface area contributed by atoms with E-state index in [0.717, 1.165) is 35.6 Å². The number of thioether (sulfide) groups is 1. The molecule has 4 aromatic rings. The number of carbonyl (C=O) groups excluding carboxylic acids is 1. The second-order valence-electron chi connectivity index (χ2n) is 7.83. The van der Waals surface area contributed by atoms with Gasteiger partial charge in [-0.15, -0.1) is 10.2 Å². The zero-order valence-corrected chi connectivity index (χ0v) is 21.7. The predicted molar refractivity (Wildman–Crippen MR) is 148 cm³/mol. The van der Waals surface area contributed by atoms with Crippen LogP contribution in [0, 0.1) is 0 Å². The summed E-state index contributed by atoms with van der Waals surface area (Å²) in [6.07, 6.45) is 1.64. The third kappa shape index (κ3) is 6.33. The number of halogens is 1. The minimum absolute atomic E-state index is 0.138. The maximum atomic E-state index is 12.5. The Balaban J connectivity index is 1.42. The predicted octanol–water partition coefficient (Wildman–Crippen LogP) is 5.68. The van der Waals surface area contributed by atoms with E-state index in [4.69, 9.17) is 11.6 Å². The Hall–Kier alpha value is -3.62. The van der Waals surface area contributed by atoms with Crippen molar-refractivity contribution in [3.63, 3.8) is 0 Å². The standard InChI is InChI=1S/C27H27ClN6OS/c1-3-33(4-2)23-14-10-20(11-15-23)18-29-30-25(35)19-36-27-32-31-26(21-8-6-5-7-9-21)34(27)24-16-12-22(28)13-17-24/h5-18H,3-4,19H2,1-2H3,(H,30,35)/b29-18-. The van der Waals surface area contributed by atoms with E-state index in [1.54, 1.807) is 6.21 Å². The number of hydrogen-bond acceptors (Lipinski definition) is 6. The molecule has 9 heteroatoms. The van der Waals surface area contributed by atoms with Gasteiger partial charge in [0.05, 0.1) is 12.0 Å². The summed E-state index contributed by atoms with van der Waals surface area (Å²) < 4.78 is 1.92. The summed E-state index contributed by atoms with van der Waals surface area (Å²) in [5.74, 6) is 0.591. The summed E-state index contributed by atoms with van der Waals surface area (Å²) in [6.45, 7) is 6.17. The van der Waals surface area contributed by atoms with Gasteiger partial charge in [0.15, 0.2) is 11.0 Å². The van der Waals surface area contributed by atoms with Crippen LogP contribution in [0.15, 0.2) is 89.1 Å². The molecule has 3 aromatic carbocycles. The maximum absolute atomic E-state index is 12.5. The Labute approximate surface area is 220 Å². The third-order valence-electron chi connectivity index (χ3n) is 5.51. The van der Waals surface area contributed by atoms with Crippen molar-refractivity contribution in [2.75, 3.05) is 23.7 Å². The monoisotopic (exact) mass is 518 g/mol. The average molecular weight is 519 g/mol. The fourth-order valence-electron chi connectivity index (χ4n) is 3.66. The molecule has 0 aliphatic carbocycles. The van der Waals surface area contributed by atoms with Crippen LogP contribution in [0.5, 0.6) is 0 Å². The number of rotatable bonds is 10. The molecule has 36 heavy (non-hydrogen) atoms. The number of anilines is 1. The van der Waals surface area contributed by atoms with E-state index in [1.165, 1.54) is 11.8 Å². The van der Waals surface area contributed by atoms with Crippen LogP contribution in [-0.2, 0) is 4.79 Å². The van der Waals surface area contributed by atoms with Crippen LogP contribution in [0.2, 0.25) is 5.02 Å². The highest BCUT2D eigenvalue weighted by molar-refractivity contribution is 7.99. The fraction of sp³-hybridized carbons (Fsp3) is 0.185. The van der Waals surface area contributed by atoms with Crippen molar-refractivity contribution in [3.05, 3.63) is 89.4 Å². The average Bonchev–Trinajstić information content (AvgIpc) is 3.34. The van der Waals surface area contributed by atoms with E-state index in [0.29, 0.717) is 16.0 Å². The minimum Gasteiger partial charge on any atom is -0.372 e. The molecule has 184 valence electrons. The first-order chi connectivity index (χ1) is 17.6. The molecule has 4 rings (SSSR count). The van der Waals surface area contributed by atoms with Crippen LogP contribution in [0.25, 0.3) is 17.1 Å². The lowest BCUT2D eigenvalue weighted by Gasteiger charge is -2.20. The van der Waals surface area contributed by atoms with Crippen LogP contribution in [0.3, 0.4) is 0 Å². The van der Waals surface area contributed by atoms with Gasteiger partial charge in [0.1, 0.15) is 0 Å². The lowest BCUT2D eigenvalue weighted by molar-refractivity contribution is -0.118. The Bertz CT molecular complexity index is 1300. The van der Waals surface area contributed by atoms with Crippen molar-refractivity contribution >= 4 is 41.2 Å². The number of nitrogens with one attached hydrogen (secondary N) is 1. The number of amides is 1. The lowest BCUT2D eigenvalue weighted by Crippen LogP contribution is -2.21. The zero-order valence-electron chi connectivity index (χ0n) is 20.1. The zero-order chi connectivity index (χ0) is 25.3. The van der Waals surface area contributed by atoms with Crippen LogP contribution in [0.1, 0.15) is 19.4 Å². The van der Waals surface area contributed by atoms with Gasteiger partial charge in [-0.05, 0) is 55.8 Å². The van der Waals surface area contributed by atoms with Crippen molar-refractivity contribution in [2.24, 2.45) is 5.10 Å². The summed E-state index contributed by atoms with van der Waals surface area (Å²) in [7, 11) is 0. The highest BCUT2D eigenvalue weighted by Crippen LogP contribution is 2.28. The van der Waals surface area contributed by atoms with E-state index in [1.807, 2.05) is 71.3 Å². The molecule has 1 amide bonds. The molecule has 0 saturated heterocycles. The second kappa shape index (κ2) is 12.4. The van der Waals surface area contributed by atoms with Crippen molar-refractivity contribution in [1.82, 2.24) is 20.2 Å². The van der Waals surface area contributed by atoms with Crippen molar-refractivity contribution < 1.29 is 4.79 Å². The molecule has 7 nitrogen and oxygen atoms in total. The number of aromatic nitrogens is 3. The molecule has 0 saturated carbocycles. The van der Waals surface area contributed by atoms with E-state index in [2.05, 4.69) is 51.6 Å². The molecule has 1 N–H and O–H groups in total. The highest BCUT2D eigenvalue weighted by atomic mass is 35.5. The summed E-state index contributed by atoms with van der Waals surface area (Å²) in [6, 6.07) is 25.3. The Kier molecular flexibility index (Phi) is 8.76. The van der Waals surface area contributed by atoms with Gasteiger partial charge in [0.2, 0.25) is 0 Å². The molecule has 1 aromatic heterocycles. The lowest BCUT2D eigenvalue weighted by atomic mass is 10.2. The fourth-order valence-corrected chi connectivity index (χ4v) is 4.53. The quantitative estimate of drug-likeness (QED) is 0.166. The van der Waals surface area contributed by atoms with Crippen LogP contribution >= 0.6 is 23.4 Å². The van der Waals surface area contributed by atoms with Gasteiger partial charge in [-0.1, -0.05) is 65.8 Å². The highest BCUT2D eigenvalue weighted by Gasteiger charge is 2.17. The van der Waals surface area contributed by atoms with E-state index < -0.39 is 0 Å². The molecule has 0 radical (unpaired) electrons. The van der Waals surface area contributed by atoms with Crippen LogP contribution < -0.4 is 10.3 Å². The van der Waals surface area contributed by atoms with Gasteiger partial charge in [0.25, 0.3) is 5.91 Å². The molecule has 1 heterocycles. The summed E-state index contributed by atoms with van der Waals surface area (Å²) in [4.78, 5) is 14.7. The summed E-state index contributed by atoms with van der Waals surface area (Å²) >= 11 is 7.38. The van der Waals surface area contributed by atoms with Crippen molar-refractivity contribution in [1.29, 1.82) is 0 Å². The van der Waals surface area contributed by atoms with Crippen LogP contribution in [-0.4, -0.2) is 45.7 Å². The Morgan fingerprint density at radius 2 is 1.69 bits per heavy atom. The summed E-state index contributed by atoms with van der Waals surface area (Å²) in [5, 5.41) is 14.1. The Morgan fingerprint density at radius 3 is 2.36 bits per heavy atom. The van der Waals surface area contributed by atoms with Gasteiger partial charge in [-0.25, -0.2) is 5.43 Å². The molecule has 0 spiro atoms. The topological polar surface area (TPSA) is 75.4 Å². The van der Waals surface area contributed by atoms with E-state index >= 15 is 0 Å². The number of carbonyl (C=O) groups is 1. The minimum atomic E-state index is -0.233. The number of nitrogens with zero attached hydrogens (tertiary/aromatic N) is 5. The molecule has 0 unspecified atom stereocenters. The molecule has 0 bridgehead atoms. The first kappa shape index (κ1) is 25.5. The van der Waals surface area contributed by atoms with Gasteiger partial charge < -0.3 is 4.90 Å². The SMILES string of the molecule is CCN(CC)c1ccc(/C=N\NC(=O)CSc2nnc(-c3ccccc3)n2-c2ccc(Cl)cc2)cc1. The molecular weight excluding hydrogens is 492 g/mol. The summed E-state index contributed by atoms with van der Waals surface area (Å²) in [5.41, 5.74) is 6.45. The maximum Gasteiger partial charge on any atom is 0.250 e. The van der Waals surface area contributed by atoms with Gasteiger partial charge in [0, 0.05) is 35.1 Å². The molecule has 0 fully saturated rings. The van der Waals surface area contributed by atoms with Crippen LogP contribution in [0.4, 0.5) is 5.69 Å². The first-order valence-corrected chi connectivity index (χ1v) is 13.0. The molecule has 0 atom stereocenters. The number of hydrazone groups is 1. The normalized spacial score (nSPS) is 11.1. The van der Waals surface area contributed by atoms with Crippen molar-refractivity contribution in [3.8, 4) is 17.1 Å². The van der Waals surface area contributed by atoms with Gasteiger partial charge >= 0.3 is 0 Å². The molecule has 0 aliphatic rings.